The lowest BCUT2D eigenvalue weighted by Crippen LogP contribution is -2.33. The Balaban J connectivity index is 1.56. The standard InChI is InChI=1S/C25H34N2O4/c1-27(20-8-6-5-7-9-20)21-12-10-18(11-13-21)17-26-24(28)16-19-14-22(29-2)25(31-4)23(15-19)30-3/h10-15,20H,5-9,16-17H2,1-4H3,(H,26,28). The van der Waals surface area contributed by atoms with Crippen LogP contribution in [0.1, 0.15) is 43.2 Å². The highest BCUT2D eigenvalue weighted by molar-refractivity contribution is 5.79. The number of rotatable bonds is 9. The van der Waals surface area contributed by atoms with Crippen molar-refractivity contribution in [2.75, 3.05) is 33.3 Å². The van der Waals surface area contributed by atoms with E-state index < -0.39 is 0 Å². The number of nitrogens with zero attached hydrogens (tertiary/aromatic N) is 1. The molecule has 6 nitrogen and oxygen atoms in total. The number of hydrogen-bond donors (Lipinski definition) is 1. The second kappa shape index (κ2) is 10.9. The number of amides is 1. The summed E-state index contributed by atoms with van der Waals surface area (Å²) in [5.74, 6) is 1.55. The zero-order valence-electron chi connectivity index (χ0n) is 19.1. The van der Waals surface area contributed by atoms with Crippen molar-refractivity contribution in [3.8, 4) is 17.2 Å². The van der Waals surface area contributed by atoms with E-state index in [0.717, 1.165) is 11.1 Å². The van der Waals surface area contributed by atoms with Crippen LogP contribution in [-0.4, -0.2) is 40.3 Å². The molecular formula is C25H34N2O4. The van der Waals surface area contributed by atoms with Gasteiger partial charge in [0.05, 0.1) is 27.8 Å². The van der Waals surface area contributed by atoms with Gasteiger partial charge in [0.25, 0.3) is 0 Å². The molecule has 168 valence electrons. The Morgan fingerprint density at radius 2 is 1.55 bits per heavy atom. The summed E-state index contributed by atoms with van der Waals surface area (Å²) in [6.07, 6.45) is 6.79. The first kappa shape index (κ1) is 22.8. The van der Waals surface area contributed by atoms with Crippen LogP contribution in [0.4, 0.5) is 5.69 Å². The maximum Gasteiger partial charge on any atom is 0.224 e. The molecule has 1 saturated carbocycles. The number of carbonyl (C=O) groups excluding carboxylic acids is 1. The third kappa shape index (κ3) is 5.84. The molecule has 2 aromatic rings. The average molecular weight is 427 g/mol. The summed E-state index contributed by atoms with van der Waals surface area (Å²) in [5, 5.41) is 3.00. The Morgan fingerprint density at radius 1 is 0.935 bits per heavy atom. The predicted octanol–water partition coefficient (Wildman–Crippen LogP) is 4.34. The molecule has 0 saturated heterocycles. The number of benzene rings is 2. The van der Waals surface area contributed by atoms with Crippen molar-refractivity contribution < 1.29 is 19.0 Å². The van der Waals surface area contributed by atoms with Crippen LogP contribution in [-0.2, 0) is 17.8 Å². The first-order valence-corrected chi connectivity index (χ1v) is 10.9. The van der Waals surface area contributed by atoms with Gasteiger partial charge in [0, 0.05) is 25.3 Å². The number of anilines is 1. The molecule has 6 heteroatoms. The molecule has 3 rings (SSSR count). The molecule has 0 atom stereocenters. The molecule has 0 aromatic heterocycles. The van der Waals surface area contributed by atoms with Crippen molar-refractivity contribution in [1.29, 1.82) is 0 Å². The van der Waals surface area contributed by atoms with Crippen molar-refractivity contribution in [3.63, 3.8) is 0 Å². The van der Waals surface area contributed by atoms with Gasteiger partial charge in [-0.2, -0.15) is 0 Å². The number of carbonyl (C=O) groups is 1. The van der Waals surface area contributed by atoms with Gasteiger partial charge in [-0.3, -0.25) is 4.79 Å². The molecule has 0 bridgehead atoms. The van der Waals surface area contributed by atoms with Crippen molar-refractivity contribution in [2.24, 2.45) is 0 Å². The van der Waals surface area contributed by atoms with E-state index in [-0.39, 0.29) is 12.3 Å². The van der Waals surface area contributed by atoms with Crippen molar-refractivity contribution >= 4 is 11.6 Å². The van der Waals surface area contributed by atoms with E-state index in [1.807, 2.05) is 0 Å². The molecule has 0 radical (unpaired) electrons. The molecule has 1 fully saturated rings. The quantitative estimate of drug-likeness (QED) is 0.646. The Morgan fingerprint density at radius 3 is 2.10 bits per heavy atom. The minimum Gasteiger partial charge on any atom is -0.493 e. The molecule has 31 heavy (non-hydrogen) atoms. The van der Waals surface area contributed by atoms with Crippen molar-refractivity contribution in [1.82, 2.24) is 5.32 Å². The van der Waals surface area contributed by atoms with Crippen LogP contribution in [0.3, 0.4) is 0 Å². The van der Waals surface area contributed by atoms with Gasteiger partial charge < -0.3 is 24.4 Å². The largest absolute Gasteiger partial charge is 0.493 e. The van der Waals surface area contributed by atoms with Crippen LogP contribution in [0.2, 0.25) is 0 Å². The lowest BCUT2D eigenvalue weighted by atomic mass is 9.94. The fraction of sp³-hybridized carbons (Fsp3) is 0.480. The smallest absolute Gasteiger partial charge is 0.224 e. The maximum atomic E-state index is 12.5. The van der Waals surface area contributed by atoms with E-state index in [4.69, 9.17) is 14.2 Å². The van der Waals surface area contributed by atoms with Crippen LogP contribution in [0.25, 0.3) is 0 Å². The minimum absolute atomic E-state index is 0.0577. The van der Waals surface area contributed by atoms with Gasteiger partial charge in [-0.15, -0.1) is 0 Å². The topological polar surface area (TPSA) is 60.0 Å². The molecule has 1 aliphatic carbocycles. The van der Waals surface area contributed by atoms with Crippen LogP contribution < -0.4 is 24.4 Å². The lowest BCUT2D eigenvalue weighted by molar-refractivity contribution is -0.120. The van der Waals surface area contributed by atoms with Crippen LogP contribution in [0, 0.1) is 0 Å². The van der Waals surface area contributed by atoms with Gasteiger partial charge in [0.1, 0.15) is 0 Å². The summed E-state index contributed by atoms with van der Waals surface area (Å²) >= 11 is 0. The highest BCUT2D eigenvalue weighted by Crippen LogP contribution is 2.38. The lowest BCUT2D eigenvalue weighted by Gasteiger charge is -2.33. The second-order valence-corrected chi connectivity index (χ2v) is 8.06. The fourth-order valence-electron chi connectivity index (χ4n) is 4.21. The summed E-state index contributed by atoms with van der Waals surface area (Å²) in [4.78, 5) is 14.9. The van der Waals surface area contributed by atoms with Crippen LogP contribution in [0.5, 0.6) is 17.2 Å². The number of methoxy groups -OCH3 is 3. The first-order valence-electron chi connectivity index (χ1n) is 10.9. The summed E-state index contributed by atoms with van der Waals surface area (Å²) in [6, 6.07) is 12.7. The van der Waals surface area contributed by atoms with Crippen LogP contribution in [0.15, 0.2) is 36.4 Å². The maximum absolute atomic E-state index is 12.5. The van der Waals surface area contributed by atoms with Gasteiger partial charge in [-0.25, -0.2) is 0 Å². The molecule has 1 amide bonds. The molecule has 1 aliphatic rings. The summed E-state index contributed by atoms with van der Waals surface area (Å²) in [6.45, 7) is 0.497. The molecule has 0 aliphatic heterocycles. The Labute approximate surface area is 185 Å². The SMILES string of the molecule is COc1cc(CC(=O)NCc2ccc(N(C)C3CCCCC3)cc2)cc(OC)c1OC. The van der Waals surface area contributed by atoms with E-state index in [2.05, 4.69) is 41.5 Å². The molecule has 1 N–H and O–H groups in total. The summed E-state index contributed by atoms with van der Waals surface area (Å²) < 4.78 is 16.1. The van der Waals surface area contributed by atoms with E-state index in [1.54, 1.807) is 33.5 Å². The van der Waals surface area contributed by atoms with Gasteiger partial charge in [0.2, 0.25) is 11.7 Å². The summed E-state index contributed by atoms with van der Waals surface area (Å²) in [7, 11) is 6.88. The monoisotopic (exact) mass is 426 g/mol. The number of hydrogen-bond acceptors (Lipinski definition) is 5. The third-order valence-corrected chi connectivity index (χ3v) is 6.04. The average Bonchev–Trinajstić information content (AvgIpc) is 2.82. The normalized spacial score (nSPS) is 14.1. The Hall–Kier alpha value is -2.89. The summed E-state index contributed by atoms with van der Waals surface area (Å²) in [5.41, 5.74) is 3.12. The number of ether oxygens (including phenoxy) is 3. The van der Waals surface area contributed by atoms with Gasteiger partial charge >= 0.3 is 0 Å². The molecule has 0 heterocycles. The molecule has 2 aromatic carbocycles. The van der Waals surface area contributed by atoms with E-state index in [0.29, 0.717) is 29.8 Å². The van der Waals surface area contributed by atoms with Gasteiger partial charge in [0.15, 0.2) is 11.5 Å². The van der Waals surface area contributed by atoms with Crippen molar-refractivity contribution in [3.05, 3.63) is 47.5 Å². The molecule has 0 spiro atoms. The van der Waals surface area contributed by atoms with E-state index >= 15 is 0 Å². The van der Waals surface area contributed by atoms with E-state index in [1.165, 1.54) is 37.8 Å². The minimum atomic E-state index is -0.0577. The van der Waals surface area contributed by atoms with E-state index in [9.17, 15) is 4.79 Å². The zero-order valence-corrected chi connectivity index (χ0v) is 19.1. The fourth-order valence-corrected chi connectivity index (χ4v) is 4.21. The highest BCUT2D eigenvalue weighted by Gasteiger charge is 2.18. The zero-order chi connectivity index (χ0) is 22.2. The first-order chi connectivity index (χ1) is 15.0. The van der Waals surface area contributed by atoms with Crippen molar-refractivity contribution in [2.45, 2.75) is 51.1 Å². The molecular weight excluding hydrogens is 392 g/mol. The molecule has 0 unspecified atom stereocenters. The predicted molar refractivity (Wildman–Crippen MR) is 123 cm³/mol. The second-order valence-electron chi connectivity index (χ2n) is 8.06. The van der Waals surface area contributed by atoms with Gasteiger partial charge in [-0.1, -0.05) is 31.4 Å². The highest BCUT2D eigenvalue weighted by atomic mass is 16.5. The Bertz CT molecular complexity index is 835. The van der Waals surface area contributed by atoms with Gasteiger partial charge in [-0.05, 0) is 48.2 Å². The third-order valence-electron chi connectivity index (χ3n) is 6.04. The van der Waals surface area contributed by atoms with Crippen LogP contribution >= 0.6 is 0 Å². The number of nitrogens with one attached hydrogen (secondary N) is 1. The Kier molecular flexibility index (Phi) is 8.04.